The van der Waals surface area contributed by atoms with Gasteiger partial charge in [0.05, 0.1) is 0 Å². The first-order valence-electron chi connectivity index (χ1n) is 11.1. The Morgan fingerprint density at radius 2 is 1.82 bits per heavy atom. The molecule has 1 saturated heterocycles. The number of benzene rings is 1. The van der Waals surface area contributed by atoms with E-state index in [1.54, 1.807) is 42.7 Å². The van der Waals surface area contributed by atoms with E-state index in [0.29, 0.717) is 25.8 Å². The first-order chi connectivity index (χ1) is 15.4. The number of amides is 3. The van der Waals surface area contributed by atoms with Crippen LogP contribution in [0.4, 0.5) is 9.18 Å². The Bertz CT molecular complexity index is 824. The van der Waals surface area contributed by atoms with Crippen molar-refractivity contribution in [1.82, 2.24) is 15.0 Å². The molecule has 1 unspecified atom stereocenters. The number of hydrogen-bond acceptors (Lipinski definition) is 6. The van der Waals surface area contributed by atoms with Gasteiger partial charge >= 0.3 is 6.09 Å². The molecule has 1 aromatic rings. The van der Waals surface area contributed by atoms with Crippen LogP contribution >= 0.6 is 0 Å². The van der Waals surface area contributed by atoms with Crippen LogP contribution in [0.1, 0.15) is 52.5 Å². The second-order valence-electron chi connectivity index (χ2n) is 9.41. The zero-order chi connectivity index (χ0) is 24.8. The zero-order valence-electron chi connectivity index (χ0n) is 19.7. The lowest BCUT2D eigenvalue weighted by Crippen LogP contribution is -2.57. The van der Waals surface area contributed by atoms with Gasteiger partial charge in [0.15, 0.2) is 0 Å². The van der Waals surface area contributed by atoms with Crippen LogP contribution in [0.5, 0.6) is 0 Å². The van der Waals surface area contributed by atoms with Crippen LogP contribution in [0, 0.1) is 11.7 Å². The largest absolute Gasteiger partial charge is 0.444 e. The van der Waals surface area contributed by atoms with Crippen molar-refractivity contribution in [3.63, 3.8) is 0 Å². The van der Waals surface area contributed by atoms with Gasteiger partial charge in [-0.3, -0.25) is 20.0 Å². The van der Waals surface area contributed by atoms with Gasteiger partial charge in [0.25, 0.3) is 5.91 Å². The van der Waals surface area contributed by atoms with Crippen LogP contribution in [-0.2, 0) is 20.7 Å². The predicted octanol–water partition coefficient (Wildman–Crippen LogP) is 3.23. The molecule has 0 bridgehead atoms. The van der Waals surface area contributed by atoms with Crippen molar-refractivity contribution < 1.29 is 33.9 Å². The summed E-state index contributed by atoms with van der Waals surface area (Å²) in [6, 6.07) is 5.78. The lowest BCUT2D eigenvalue weighted by Gasteiger charge is -2.41. The monoisotopic (exact) mass is 467 g/mol. The van der Waals surface area contributed by atoms with Crippen molar-refractivity contribution >= 4 is 17.9 Å². The minimum atomic E-state index is -0.976. The molecule has 0 aromatic heterocycles. The number of rotatable bonds is 7. The quantitative estimate of drug-likeness (QED) is 0.471. The third kappa shape index (κ3) is 8.29. The molecule has 1 aliphatic rings. The summed E-state index contributed by atoms with van der Waals surface area (Å²) in [6.07, 6.45) is 0.693. The number of halogens is 1. The van der Waals surface area contributed by atoms with Crippen LogP contribution in [0.3, 0.4) is 0 Å². The van der Waals surface area contributed by atoms with E-state index in [0.717, 1.165) is 5.56 Å². The van der Waals surface area contributed by atoms with Gasteiger partial charge in [-0.1, -0.05) is 17.4 Å². The molecule has 1 fully saturated rings. The molecular formula is C23H34FN3O6. The third-order valence-corrected chi connectivity index (χ3v) is 5.49. The number of carbonyl (C=O) groups is 3. The summed E-state index contributed by atoms with van der Waals surface area (Å²) in [6.45, 7) is 8.04. The SMILES string of the molecule is C[C@@H]1CN(C(=O)C(CCCc2ccc(F)cc2)CC(=O)N(O)O)CCN1C(=O)OC(C)(C)C. The third-order valence-electron chi connectivity index (χ3n) is 5.49. The van der Waals surface area contributed by atoms with Crippen molar-refractivity contribution in [2.75, 3.05) is 19.6 Å². The van der Waals surface area contributed by atoms with Crippen molar-refractivity contribution in [2.24, 2.45) is 5.92 Å². The van der Waals surface area contributed by atoms with Gasteiger partial charge < -0.3 is 14.5 Å². The van der Waals surface area contributed by atoms with Gasteiger partial charge in [-0.2, -0.15) is 0 Å². The molecule has 9 nitrogen and oxygen atoms in total. The molecule has 2 N–H and O–H groups in total. The van der Waals surface area contributed by atoms with Crippen molar-refractivity contribution in [3.8, 4) is 0 Å². The van der Waals surface area contributed by atoms with E-state index in [2.05, 4.69) is 0 Å². The second kappa shape index (κ2) is 11.4. The Balaban J connectivity index is 2.00. The lowest BCUT2D eigenvalue weighted by molar-refractivity contribution is -0.285. The molecule has 0 aliphatic carbocycles. The van der Waals surface area contributed by atoms with Crippen LogP contribution in [-0.4, -0.2) is 74.6 Å². The topological polar surface area (TPSA) is 111 Å². The lowest BCUT2D eigenvalue weighted by atomic mass is 9.94. The van der Waals surface area contributed by atoms with E-state index >= 15 is 0 Å². The summed E-state index contributed by atoms with van der Waals surface area (Å²) in [7, 11) is 0. The highest BCUT2D eigenvalue weighted by Crippen LogP contribution is 2.22. The molecule has 1 aromatic carbocycles. The molecule has 1 heterocycles. The number of hydroxylamine groups is 2. The van der Waals surface area contributed by atoms with E-state index in [9.17, 15) is 18.8 Å². The normalized spacial score (nSPS) is 17.5. The fourth-order valence-corrected chi connectivity index (χ4v) is 3.82. The maximum absolute atomic E-state index is 13.2. The van der Waals surface area contributed by atoms with E-state index < -0.39 is 28.7 Å². The average molecular weight is 468 g/mol. The Morgan fingerprint density at radius 3 is 2.36 bits per heavy atom. The summed E-state index contributed by atoms with van der Waals surface area (Å²) in [4.78, 5) is 40.7. The molecule has 10 heteroatoms. The number of hydrogen-bond donors (Lipinski definition) is 2. The summed E-state index contributed by atoms with van der Waals surface area (Å²) in [5.74, 6) is -2.33. The molecule has 2 rings (SSSR count). The fraction of sp³-hybridized carbons (Fsp3) is 0.609. The van der Waals surface area contributed by atoms with Crippen LogP contribution in [0.2, 0.25) is 0 Å². The Labute approximate surface area is 193 Å². The Morgan fingerprint density at radius 1 is 1.18 bits per heavy atom. The Hall–Kier alpha value is -2.72. The van der Waals surface area contributed by atoms with Gasteiger partial charge in [-0.05, 0) is 64.7 Å². The van der Waals surface area contributed by atoms with Gasteiger partial charge in [0, 0.05) is 38.0 Å². The molecule has 184 valence electrons. The van der Waals surface area contributed by atoms with Gasteiger partial charge in [-0.15, -0.1) is 0 Å². The van der Waals surface area contributed by atoms with Crippen LogP contribution in [0.25, 0.3) is 0 Å². The Kier molecular flexibility index (Phi) is 9.18. The fourth-order valence-electron chi connectivity index (χ4n) is 3.82. The van der Waals surface area contributed by atoms with Gasteiger partial charge in [-0.25, -0.2) is 9.18 Å². The summed E-state index contributed by atoms with van der Waals surface area (Å²) < 4.78 is 18.5. The molecular weight excluding hydrogens is 433 g/mol. The van der Waals surface area contributed by atoms with Crippen molar-refractivity contribution in [3.05, 3.63) is 35.6 Å². The van der Waals surface area contributed by atoms with Gasteiger partial charge in [0.1, 0.15) is 11.4 Å². The smallest absolute Gasteiger partial charge is 0.410 e. The zero-order valence-corrected chi connectivity index (χ0v) is 19.7. The first kappa shape index (κ1) is 26.5. The molecule has 0 saturated carbocycles. The summed E-state index contributed by atoms with van der Waals surface area (Å²) in [5.41, 5.74) is 0.277. The molecule has 0 spiro atoms. The van der Waals surface area contributed by atoms with E-state index in [1.165, 1.54) is 12.1 Å². The summed E-state index contributed by atoms with van der Waals surface area (Å²) >= 11 is 0. The minimum absolute atomic E-state index is 0.278. The number of carbonyl (C=O) groups excluding carboxylic acids is 3. The van der Waals surface area contributed by atoms with E-state index in [-0.39, 0.29) is 37.3 Å². The van der Waals surface area contributed by atoms with Crippen molar-refractivity contribution in [2.45, 2.75) is 65.0 Å². The van der Waals surface area contributed by atoms with E-state index in [1.807, 2.05) is 6.92 Å². The highest BCUT2D eigenvalue weighted by atomic mass is 19.1. The standard InChI is InChI=1S/C23H34FN3O6/c1-16-15-25(12-13-26(16)22(30)33-23(2,3)4)21(29)18(14-20(28)27(31)32)7-5-6-17-8-10-19(24)11-9-17/h8-11,16,18,31-32H,5-7,12-15H2,1-4H3/t16-,18?/m1/s1. The van der Waals surface area contributed by atoms with E-state index in [4.69, 9.17) is 15.2 Å². The highest BCUT2D eigenvalue weighted by molar-refractivity contribution is 5.85. The second-order valence-corrected chi connectivity index (χ2v) is 9.41. The van der Waals surface area contributed by atoms with Crippen molar-refractivity contribution in [1.29, 1.82) is 0 Å². The maximum Gasteiger partial charge on any atom is 0.410 e. The number of aryl methyl sites for hydroxylation is 1. The van der Waals surface area contributed by atoms with Crippen LogP contribution < -0.4 is 0 Å². The average Bonchev–Trinajstić information content (AvgIpc) is 2.72. The van der Waals surface area contributed by atoms with Gasteiger partial charge in [0.2, 0.25) is 5.91 Å². The molecule has 0 radical (unpaired) electrons. The minimum Gasteiger partial charge on any atom is -0.444 e. The molecule has 2 atom stereocenters. The van der Waals surface area contributed by atoms with Crippen LogP contribution in [0.15, 0.2) is 24.3 Å². The number of piperazine rings is 1. The summed E-state index contributed by atoms with van der Waals surface area (Å²) in [5, 5.41) is 17.6. The molecule has 1 aliphatic heterocycles. The first-order valence-corrected chi connectivity index (χ1v) is 11.1. The maximum atomic E-state index is 13.2. The molecule has 33 heavy (non-hydrogen) atoms. The number of ether oxygens (including phenoxy) is 1. The predicted molar refractivity (Wildman–Crippen MR) is 117 cm³/mol. The highest BCUT2D eigenvalue weighted by Gasteiger charge is 2.35. The number of nitrogens with zero attached hydrogens (tertiary/aromatic N) is 3. The molecule has 3 amide bonds.